The number of benzene rings is 1. The van der Waals surface area contributed by atoms with Crippen LogP contribution < -0.4 is 10.6 Å². The van der Waals surface area contributed by atoms with Crippen LogP contribution in [0.15, 0.2) is 23.1 Å². The van der Waals surface area contributed by atoms with Gasteiger partial charge < -0.3 is 10.6 Å². The van der Waals surface area contributed by atoms with Gasteiger partial charge in [-0.1, -0.05) is 0 Å². The second-order valence-electron chi connectivity index (χ2n) is 6.36. The van der Waals surface area contributed by atoms with Crippen LogP contribution in [-0.4, -0.2) is 44.2 Å². The van der Waals surface area contributed by atoms with E-state index in [0.717, 1.165) is 22.5 Å². The highest BCUT2D eigenvalue weighted by molar-refractivity contribution is 7.99. The van der Waals surface area contributed by atoms with Crippen molar-refractivity contribution in [1.82, 2.24) is 10.6 Å². The van der Waals surface area contributed by atoms with Crippen molar-refractivity contribution >= 4 is 39.9 Å². The van der Waals surface area contributed by atoms with Crippen molar-refractivity contribution < 1.29 is 17.6 Å². The molecule has 1 atom stereocenters. The third kappa shape index (κ3) is 3.97. The monoisotopic (exact) mass is 408 g/mol. The number of hydrogen-bond donors (Lipinski definition) is 2. The number of sulfone groups is 1. The molecule has 0 aliphatic carbocycles. The van der Waals surface area contributed by atoms with Gasteiger partial charge in [0, 0.05) is 16.9 Å². The molecule has 1 saturated heterocycles. The lowest BCUT2D eigenvalue weighted by molar-refractivity contribution is -0.125. The summed E-state index contributed by atoms with van der Waals surface area (Å²) in [6.07, 6.45) is 2.30. The van der Waals surface area contributed by atoms with E-state index in [9.17, 15) is 17.6 Å². The van der Waals surface area contributed by atoms with Gasteiger partial charge in [0.1, 0.15) is 5.82 Å². The maximum Gasteiger partial charge on any atom is 0.242 e. The first-order valence-electron chi connectivity index (χ1n) is 7.97. The van der Waals surface area contributed by atoms with Gasteiger partial charge in [-0.05, 0) is 56.1 Å². The van der Waals surface area contributed by atoms with E-state index in [0.29, 0.717) is 19.5 Å². The zero-order valence-electron chi connectivity index (χ0n) is 13.9. The molecule has 0 saturated carbocycles. The van der Waals surface area contributed by atoms with Crippen molar-refractivity contribution in [1.29, 1.82) is 0 Å². The molecule has 0 aromatic heterocycles. The fourth-order valence-electron chi connectivity index (χ4n) is 3.40. The second kappa shape index (κ2) is 7.82. The van der Waals surface area contributed by atoms with Gasteiger partial charge in [0.05, 0.1) is 6.04 Å². The largest absolute Gasteiger partial charge is 0.348 e. The molecular formula is C16H22ClFN2O3S2. The van der Waals surface area contributed by atoms with Crippen LogP contribution in [-0.2, 0) is 14.6 Å². The number of rotatable bonds is 3. The Morgan fingerprint density at radius 3 is 2.68 bits per heavy atom. The minimum atomic E-state index is -3.55. The first-order chi connectivity index (χ1) is 11.3. The van der Waals surface area contributed by atoms with Crippen LogP contribution in [0.3, 0.4) is 0 Å². The maximum atomic E-state index is 13.6. The van der Waals surface area contributed by atoms with Crippen molar-refractivity contribution in [2.75, 3.05) is 25.1 Å². The molecule has 0 bridgehead atoms. The van der Waals surface area contributed by atoms with Crippen LogP contribution in [0.4, 0.5) is 4.39 Å². The average Bonchev–Trinajstić information content (AvgIpc) is 2.55. The highest BCUT2D eigenvalue weighted by Gasteiger charge is 2.49. The number of amides is 1. The summed E-state index contributed by atoms with van der Waals surface area (Å²) < 4.78 is 36.9. The Balaban J connectivity index is 0.00000225. The second-order valence-corrected chi connectivity index (χ2v) is 9.82. The number of halogens is 2. The Hall–Kier alpha value is -0.830. The van der Waals surface area contributed by atoms with E-state index in [1.165, 1.54) is 12.1 Å². The Labute approximate surface area is 157 Å². The summed E-state index contributed by atoms with van der Waals surface area (Å²) in [5, 5.41) is 5.99. The minimum absolute atomic E-state index is 0. The normalized spacial score (nSPS) is 22.4. The lowest BCUT2D eigenvalue weighted by atomic mass is 9.94. The van der Waals surface area contributed by atoms with E-state index in [1.807, 2.05) is 0 Å². The molecule has 0 radical (unpaired) electrons. The summed E-state index contributed by atoms with van der Waals surface area (Å²) in [6, 6.07) is 4.20. The van der Waals surface area contributed by atoms with Gasteiger partial charge in [-0.25, -0.2) is 12.8 Å². The molecule has 1 fully saturated rings. The Morgan fingerprint density at radius 2 is 2.04 bits per heavy atom. The molecule has 2 N–H and O–H groups in total. The average molecular weight is 409 g/mol. The Bertz CT molecular complexity index is 752. The van der Waals surface area contributed by atoms with Gasteiger partial charge >= 0.3 is 0 Å². The predicted octanol–water partition coefficient (Wildman–Crippen LogP) is 2.07. The maximum absolute atomic E-state index is 13.6. The summed E-state index contributed by atoms with van der Waals surface area (Å²) in [6.45, 7) is 0.985. The van der Waals surface area contributed by atoms with E-state index >= 15 is 0 Å². The molecule has 9 heteroatoms. The number of carbonyl (C=O) groups is 1. The molecule has 5 nitrogen and oxygen atoms in total. The molecule has 25 heavy (non-hydrogen) atoms. The fraction of sp³-hybridized carbons (Fsp3) is 0.562. The third-order valence-electron chi connectivity index (χ3n) is 4.85. The van der Waals surface area contributed by atoms with Crippen molar-refractivity contribution in [3.05, 3.63) is 29.6 Å². The summed E-state index contributed by atoms with van der Waals surface area (Å²) >= 11 is 1.62. The summed E-state index contributed by atoms with van der Waals surface area (Å²) in [4.78, 5) is 13.8. The number of carbonyl (C=O) groups excluding carboxylic acids is 1. The van der Waals surface area contributed by atoms with E-state index in [4.69, 9.17) is 0 Å². The molecule has 3 rings (SSSR count). The summed E-state index contributed by atoms with van der Waals surface area (Å²) in [7, 11) is -3.55. The fourth-order valence-corrected chi connectivity index (χ4v) is 5.85. The van der Waals surface area contributed by atoms with Crippen LogP contribution in [0, 0.1) is 5.82 Å². The lowest BCUT2D eigenvalue weighted by Crippen LogP contribution is -2.57. The molecule has 1 amide bonds. The van der Waals surface area contributed by atoms with Gasteiger partial charge in [-0.2, -0.15) is 0 Å². The lowest BCUT2D eigenvalue weighted by Gasteiger charge is -2.36. The van der Waals surface area contributed by atoms with Crippen LogP contribution >= 0.6 is 24.2 Å². The topological polar surface area (TPSA) is 75.3 Å². The van der Waals surface area contributed by atoms with E-state index < -0.39 is 20.5 Å². The van der Waals surface area contributed by atoms with Crippen molar-refractivity contribution in [3.63, 3.8) is 0 Å². The van der Waals surface area contributed by atoms with Gasteiger partial charge in [-0.15, -0.1) is 24.2 Å². The van der Waals surface area contributed by atoms with Crippen LogP contribution in [0.2, 0.25) is 0 Å². The summed E-state index contributed by atoms with van der Waals surface area (Å²) in [5.41, 5.74) is 0.734. The number of piperidine rings is 1. The molecule has 2 aliphatic rings. The SMILES string of the molecule is CS(=O)(=O)C1(C(=O)NC2CCSc3ccc(F)cc32)CCNCC1.Cl. The van der Waals surface area contributed by atoms with E-state index in [-0.39, 0.29) is 37.1 Å². The zero-order valence-corrected chi connectivity index (χ0v) is 16.3. The number of hydrogen-bond acceptors (Lipinski definition) is 5. The van der Waals surface area contributed by atoms with Gasteiger partial charge in [0.25, 0.3) is 0 Å². The molecule has 0 spiro atoms. The van der Waals surface area contributed by atoms with Crippen molar-refractivity contribution in [2.45, 2.75) is 34.9 Å². The molecule has 1 aromatic rings. The number of fused-ring (bicyclic) bond motifs is 1. The van der Waals surface area contributed by atoms with Crippen molar-refractivity contribution in [3.8, 4) is 0 Å². The van der Waals surface area contributed by atoms with Crippen molar-refractivity contribution in [2.24, 2.45) is 0 Å². The molecule has 140 valence electrons. The van der Waals surface area contributed by atoms with E-state index in [1.54, 1.807) is 17.8 Å². The predicted molar refractivity (Wildman–Crippen MR) is 99.6 cm³/mol. The minimum Gasteiger partial charge on any atom is -0.348 e. The molecule has 1 aromatic carbocycles. The highest BCUT2D eigenvalue weighted by atomic mass is 35.5. The third-order valence-corrected chi connectivity index (χ3v) is 7.99. The summed E-state index contributed by atoms with van der Waals surface area (Å²) in [5.74, 6) is -0.00870. The number of nitrogens with one attached hydrogen (secondary N) is 2. The van der Waals surface area contributed by atoms with Gasteiger partial charge in [-0.3, -0.25) is 4.79 Å². The molecule has 2 heterocycles. The Kier molecular flexibility index (Phi) is 6.40. The van der Waals surface area contributed by atoms with Gasteiger partial charge in [0.15, 0.2) is 14.6 Å². The molecule has 1 unspecified atom stereocenters. The highest BCUT2D eigenvalue weighted by Crippen LogP contribution is 2.37. The van der Waals surface area contributed by atoms with E-state index in [2.05, 4.69) is 10.6 Å². The molecular weight excluding hydrogens is 387 g/mol. The standard InChI is InChI=1S/C16H21FN2O3S2.ClH/c1-24(21,22)16(5-7-18-8-6-16)15(20)19-13-4-9-23-14-3-2-11(17)10-12(13)14;/h2-3,10,13,18H,4-9H2,1H3,(H,19,20);1H. The van der Waals surface area contributed by atoms with Crippen LogP contribution in [0.1, 0.15) is 30.9 Å². The first-order valence-corrected chi connectivity index (χ1v) is 10.8. The first kappa shape index (κ1) is 20.5. The Morgan fingerprint density at radius 1 is 1.36 bits per heavy atom. The van der Waals surface area contributed by atoms with Gasteiger partial charge in [0.2, 0.25) is 5.91 Å². The van der Waals surface area contributed by atoms with Crippen LogP contribution in [0.5, 0.6) is 0 Å². The molecule has 2 aliphatic heterocycles. The quantitative estimate of drug-likeness (QED) is 0.800. The smallest absolute Gasteiger partial charge is 0.242 e. The zero-order chi connectivity index (χ0) is 17.4. The van der Waals surface area contributed by atoms with Crippen LogP contribution in [0.25, 0.3) is 0 Å². The number of thioether (sulfide) groups is 1.